The molecule has 2 rings (SSSR count). The summed E-state index contributed by atoms with van der Waals surface area (Å²) in [5.41, 5.74) is 1.54. The number of nitrogens with one attached hydrogen (secondary N) is 3. The Morgan fingerprint density at radius 2 is 1.57 bits per heavy atom. The quantitative estimate of drug-likeness (QED) is 0.319. The molecular weight excluding hydrogens is 354 g/mol. The number of nitrogens with zero attached hydrogens (tertiary/aromatic N) is 2. The van der Waals surface area contributed by atoms with Crippen LogP contribution >= 0.6 is 0 Å². The summed E-state index contributed by atoms with van der Waals surface area (Å²) in [5, 5.41) is 17.0. The fraction of sp³-hybridized carbons (Fsp3) is 0.857. The van der Waals surface area contributed by atoms with Crippen LogP contribution in [0.25, 0.3) is 0 Å². The molecule has 1 saturated carbocycles. The van der Waals surface area contributed by atoms with Crippen LogP contribution in [-0.2, 0) is 4.79 Å². The van der Waals surface area contributed by atoms with Gasteiger partial charge in [-0.1, -0.05) is 11.6 Å². The molecule has 166 valence electrons. The summed E-state index contributed by atoms with van der Waals surface area (Å²) in [6.07, 6.45) is 8.47. The van der Waals surface area contributed by atoms with Crippen molar-refractivity contribution in [3.8, 4) is 0 Å². The highest BCUT2D eigenvalue weighted by atomic mass is 16.3. The Bertz CT molecular complexity index is 386. The summed E-state index contributed by atoms with van der Waals surface area (Å²) in [5.74, 6) is 0.340. The minimum atomic E-state index is 0.292. The smallest absolute Gasteiger partial charge is 0.222 e. The molecule has 0 unspecified atom stereocenters. The van der Waals surface area contributed by atoms with Crippen molar-refractivity contribution in [1.82, 2.24) is 25.8 Å². The van der Waals surface area contributed by atoms with Crippen LogP contribution in [0.5, 0.6) is 0 Å². The Hall–Kier alpha value is -0.990. The third-order valence-corrected chi connectivity index (χ3v) is 4.54. The summed E-state index contributed by atoms with van der Waals surface area (Å²) in [6.45, 7) is 7.33. The van der Waals surface area contributed by atoms with Crippen molar-refractivity contribution in [3.05, 3.63) is 11.6 Å². The predicted molar refractivity (Wildman–Crippen MR) is 119 cm³/mol. The zero-order valence-electron chi connectivity index (χ0n) is 18.7. The molecule has 1 aliphatic heterocycles. The molecule has 28 heavy (non-hydrogen) atoms. The van der Waals surface area contributed by atoms with E-state index in [1.165, 1.54) is 19.3 Å². The fourth-order valence-corrected chi connectivity index (χ4v) is 2.79. The summed E-state index contributed by atoms with van der Waals surface area (Å²) in [4.78, 5) is 16.5. The van der Waals surface area contributed by atoms with Gasteiger partial charge in [0.2, 0.25) is 5.91 Å². The SMILES string of the molecule is CNC.CNCCCN1CCN(C(=O)CCC=C2CC2)CC1.CNCCCO. The van der Waals surface area contributed by atoms with Crippen molar-refractivity contribution in [2.24, 2.45) is 0 Å². The Labute approximate surface area is 172 Å². The Kier molecular flexibility index (Phi) is 18.6. The van der Waals surface area contributed by atoms with Gasteiger partial charge in [0, 0.05) is 39.2 Å². The Balaban J connectivity index is 0.000000683. The van der Waals surface area contributed by atoms with E-state index < -0.39 is 0 Å². The highest BCUT2D eigenvalue weighted by Crippen LogP contribution is 2.28. The fourth-order valence-electron chi connectivity index (χ4n) is 2.79. The predicted octanol–water partition coefficient (Wildman–Crippen LogP) is 0.664. The Morgan fingerprint density at radius 3 is 2.04 bits per heavy atom. The van der Waals surface area contributed by atoms with E-state index in [9.17, 15) is 4.79 Å². The normalized spacial score (nSPS) is 15.9. The third kappa shape index (κ3) is 16.0. The molecule has 0 spiro atoms. The molecule has 0 aromatic heterocycles. The summed E-state index contributed by atoms with van der Waals surface area (Å²) < 4.78 is 0. The number of carbonyl (C=O) groups excluding carboxylic acids is 1. The van der Waals surface area contributed by atoms with E-state index in [0.717, 1.165) is 58.7 Å². The topological polar surface area (TPSA) is 79.9 Å². The zero-order chi connectivity index (χ0) is 21.0. The standard InChI is InChI=1S/C15H27N3O.C4H11NO.C2H7N/c1-16-8-3-9-17-10-12-18(13-11-17)15(19)5-2-4-14-6-7-14;1-5-3-2-4-6;1-3-2/h4,16H,2-3,5-13H2,1H3;5-6H,2-4H2,1H3;3H,1-2H3. The zero-order valence-corrected chi connectivity index (χ0v) is 18.7. The number of hydrogen-bond acceptors (Lipinski definition) is 6. The molecular formula is C21H45N5O2. The van der Waals surface area contributed by atoms with E-state index in [1.807, 2.05) is 33.1 Å². The number of allylic oxidation sites excluding steroid dienone is 2. The van der Waals surface area contributed by atoms with E-state index in [-0.39, 0.29) is 0 Å². The monoisotopic (exact) mass is 399 g/mol. The molecule has 4 N–H and O–H groups in total. The van der Waals surface area contributed by atoms with Crippen LogP contribution in [-0.4, -0.2) is 101 Å². The van der Waals surface area contributed by atoms with Gasteiger partial charge in [-0.2, -0.15) is 0 Å². The van der Waals surface area contributed by atoms with Gasteiger partial charge in [-0.3, -0.25) is 9.69 Å². The van der Waals surface area contributed by atoms with Crippen molar-refractivity contribution < 1.29 is 9.90 Å². The molecule has 7 heteroatoms. The number of rotatable bonds is 10. The second kappa shape index (κ2) is 19.3. The molecule has 2 aliphatic rings. The first-order valence-corrected chi connectivity index (χ1v) is 10.8. The van der Waals surface area contributed by atoms with Crippen LogP contribution in [0.15, 0.2) is 11.6 Å². The molecule has 0 bridgehead atoms. The van der Waals surface area contributed by atoms with E-state index in [4.69, 9.17) is 5.11 Å². The van der Waals surface area contributed by atoms with Crippen molar-refractivity contribution >= 4 is 5.91 Å². The summed E-state index contributed by atoms with van der Waals surface area (Å²) in [7, 11) is 7.61. The van der Waals surface area contributed by atoms with Gasteiger partial charge in [0.1, 0.15) is 0 Å². The average Bonchev–Trinajstić information content (AvgIpc) is 3.52. The lowest BCUT2D eigenvalue weighted by Crippen LogP contribution is -2.49. The largest absolute Gasteiger partial charge is 0.396 e. The minimum absolute atomic E-state index is 0.292. The van der Waals surface area contributed by atoms with E-state index in [1.54, 1.807) is 5.57 Å². The van der Waals surface area contributed by atoms with Crippen molar-refractivity contribution in [1.29, 1.82) is 0 Å². The molecule has 1 saturated heterocycles. The highest BCUT2D eigenvalue weighted by molar-refractivity contribution is 5.76. The van der Waals surface area contributed by atoms with E-state index in [0.29, 0.717) is 18.9 Å². The maximum Gasteiger partial charge on any atom is 0.222 e. The maximum absolute atomic E-state index is 12.0. The molecule has 1 heterocycles. The lowest BCUT2D eigenvalue weighted by molar-refractivity contribution is -0.132. The van der Waals surface area contributed by atoms with E-state index in [2.05, 4.69) is 26.9 Å². The number of aliphatic hydroxyl groups excluding tert-OH is 1. The first kappa shape index (κ1) is 27.0. The van der Waals surface area contributed by atoms with Gasteiger partial charge in [-0.05, 0) is 79.9 Å². The van der Waals surface area contributed by atoms with Crippen molar-refractivity contribution in [2.45, 2.75) is 38.5 Å². The molecule has 0 atom stereocenters. The lowest BCUT2D eigenvalue weighted by Gasteiger charge is -2.34. The van der Waals surface area contributed by atoms with Gasteiger partial charge in [-0.15, -0.1) is 0 Å². The van der Waals surface area contributed by atoms with Gasteiger partial charge in [0.25, 0.3) is 0 Å². The summed E-state index contributed by atoms with van der Waals surface area (Å²) in [6, 6.07) is 0. The number of carbonyl (C=O) groups is 1. The average molecular weight is 400 g/mol. The minimum Gasteiger partial charge on any atom is -0.396 e. The van der Waals surface area contributed by atoms with Crippen LogP contribution in [0.4, 0.5) is 0 Å². The summed E-state index contributed by atoms with van der Waals surface area (Å²) >= 11 is 0. The van der Waals surface area contributed by atoms with Crippen LogP contribution in [0.3, 0.4) is 0 Å². The number of aliphatic hydroxyl groups is 1. The third-order valence-electron chi connectivity index (χ3n) is 4.54. The molecule has 1 amide bonds. The van der Waals surface area contributed by atoms with Gasteiger partial charge in [-0.25, -0.2) is 0 Å². The van der Waals surface area contributed by atoms with E-state index >= 15 is 0 Å². The van der Waals surface area contributed by atoms with Gasteiger partial charge >= 0.3 is 0 Å². The lowest BCUT2D eigenvalue weighted by atomic mass is 10.2. The number of amides is 1. The molecule has 2 fully saturated rings. The van der Waals surface area contributed by atoms with Crippen molar-refractivity contribution in [2.75, 3.05) is 80.6 Å². The second-order valence-corrected chi connectivity index (χ2v) is 7.26. The maximum atomic E-state index is 12.0. The molecule has 0 radical (unpaired) electrons. The van der Waals surface area contributed by atoms with Gasteiger partial charge in [0.15, 0.2) is 0 Å². The first-order chi connectivity index (χ1) is 13.6. The molecule has 0 aromatic carbocycles. The van der Waals surface area contributed by atoms with Crippen LogP contribution in [0.2, 0.25) is 0 Å². The van der Waals surface area contributed by atoms with Gasteiger partial charge < -0.3 is 26.0 Å². The Morgan fingerprint density at radius 1 is 1.00 bits per heavy atom. The number of hydrogen-bond donors (Lipinski definition) is 4. The molecule has 7 nitrogen and oxygen atoms in total. The van der Waals surface area contributed by atoms with Crippen LogP contribution in [0.1, 0.15) is 38.5 Å². The highest BCUT2D eigenvalue weighted by Gasteiger charge is 2.20. The van der Waals surface area contributed by atoms with Gasteiger partial charge in [0.05, 0.1) is 0 Å². The van der Waals surface area contributed by atoms with Crippen LogP contribution < -0.4 is 16.0 Å². The van der Waals surface area contributed by atoms with Crippen LogP contribution in [0, 0.1) is 0 Å². The molecule has 1 aliphatic carbocycles. The number of piperazine rings is 1. The second-order valence-electron chi connectivity index (χ2n) is 7.26. The van der Waals surface area contributed by atoms with Crippen molar-refractivity contribution in [3.63, 3.8) is 0 Å². The molecule has 0 aromatic rings. The first-order valence-electron chi connectivity index (χ1n) is 10.8.